The Morgan fingerprint density at radius 2 is 1.97 bits per heavy atom. The summed E-state index contributed by atoms with van der Waals surface area (Å²) in [5, 5.41) is 5.59. The lowest BCUT2D eigenvalue weighted by Crippen LogP contribution is -2.48. The Kier molecular flexibility index (Phi) is 6.66. The zero-order chi connectivity index (χ0) is 23.6. The van der Waals surface area contributed by atoms with E-state index in [1.807, 2.05) is 11.8 Å². The van der Waals surface area contributed by atoms with Crippen molar-refractivity contribution in [2.75, 3.05) is 26.2 Å². The van der Waals surface area contributed by atoms with Crippen LogP contribution in [-0.4, -0.2) is 56.6 Å². The summed E-state index contributed by atoms with van der Waals surface area (Å²) < 4.78 is 45.6. The molecule has 2 aromatic heterocycles. The van der Waals surface area contributed by atoms with Crippen LogP contribution in [0.25, 0.3) is 11.4 Å². The largest absolute Gasteiger partial charge is 0.416 e. The van der Waals surface area contributed by atoms with Gasteiger partial charge in [0.15, 0.2) is 0 Å². The highest BCUT2D eigenvalue weighted by molar-refractivity contribution is 7.07. The average Bonchev–Trinajstić information content (AvgIpc) is 3.38. The second-order valence-electron chi connectivity index (χ2n) is 7.79. The summed E-state index contributed by atoms with van der Waals surface area (Å²) in [5.41, 5.74) is 0.313. The van der Waals surface area contributed by atoms with Crippen molar-refractivity contribution in [1.29, 1.82) is 0 Å². The Balaban J connectivity index is 1.29. The highest BCUT2D eigenvalue weighted by Gasteiger charge is 2.31. The number of thiazole rings is 1. The molecule has 1 amide bonds. The topological polar surface area (TPSA) is 84.5 Å². The Morgan fingerprint density at radius 1 is 1.21 bits per heavy atom. The van der Waals surface area contributed by atoms with Crippen LogP contribution >= 0.6 is 11.3 Å². The van der Waals surface area contributed by atoms with Gasteiger partial charge in [0.2, 0.25) is 17.6 Å². The van der Waals surface area contributed by atoms with Gasteiger partial charge in [-0.3, -0.25) is 14.5 Å². The first kappa shape index (κ1) is 23.2. The predicted molar refractivity (Wildman–Crippen MR) is 115 cm³/mol. The number of hydrogen-bond donors (Lipinski definition) is 0. The summed E-state index contributed by atoms with van der Waals surface area (Å²) in [6.45, 7) is 4.83. The van der Waals surface area contributed by atoms with Crippen LogP contribution < -0.4 is 4.87 Å². The third-order valence-corrected chi connectivity index (χ3v) is 6.41. The van der Waals surface area contributed by atoms with E-state index in [1.165, 1.54) is 12.1 Å². The molecule has 0 spiro atoms. The molecule has 0 aliphatic carbocycles. The van der Waals surface area contributed by atoms with Crippen LogP contribution in [0, 0.1) is 6.92 Å². The van der Waals surface area contributed by atoms with Crippen LogP contribution in [-0.2, 0) is 24.1 Å². The van der Waals surface area contributed by atoms with Gasteiger partial charge in [-0.2, -0.15) is 18.2 Å². The molecule has 8 nitrogen and oxygen atoms in total. The monoisotopic (exact) mass is 481 g/mol. The summed E-state index contributed by atoms with van der Waals surface area (Å²) in [6.07, 6.45) is -4.18. The van der Waals surface area contributed by atoms with Gasteiger partial charge in [0, 0.05) is 55.8 Å². The van der Waals surface area contributed by atoms with Crippen molar-refractivity contribution in [2.45, 2.75) is 32.6 Å². The van der Waals surface area contributed by atoms with Crippen molar-refractivity contribution in [3.05, 3.63) is 56.5 Å². The standard InChI is InChI=1S/C21H22F3N5O3S/c1-14-13-33-20(31)29(14)6-5-18(30)28-9-7-27(8-10-28)12-17-25-19(26-32-17)15-3-2-4-16(11-15)21(22,23)24/h2-4,11,13H,5-10,12H2,1H3. The average molecular weight is 482 g/mol. The maximum Gasteiger partial charge on any atom is 0.416 e. The van der Waals surface area contributed by atoms with E-state index >= 15 is 0 Å². The first-order chi connectivity index (χ1) is 15.7. The van der Waals surface area contributed by atoms with Crippen LogP contribution in [0.5, 0.6) is 0 Å². The lowest BCUT2D eigenvalue weighted by atomic mass is 10.1. The van der Waals surface area contributed by atoms with E-state index in [0.29, 0.717) is 45.2 Å². The minimum Gasteiger partial charge on any atom is -0.340 e. The van der Waals surface area contributed by atoms with Crippen LogP contribution in [0.2, 0.25) is 0 Å². The van der Waals surface area contributed by atoms with Crippen LogP contribution in [0.4, 0.5) is 13.2 Å². The molecule has 1 aliphatic rings. The first-order valence-electron chi connectivity index (χ1n) is 10.4. The van der Waals surface area contributed by atoms with Crippen LogP contribution in [0.1, 0.15) is 23.6 Å². The zero-order valence-corrected chi connectivity index (χ0v) is 18.7. The fraction of sp³-hybridized carbons (Fsp3) is 0.429. The van der Waals surface area contributed by atoms with E-state index in [1.54, 1.807) is 14.8 Å². The lowest BCUT2D eigenvalue weighted by molar-refractivity contribution is -0.137. The van der Waals surface area contributed by atoms with Crippen LogP contribution in [0.15, 0.2) is 39.0 Å². The lowest BCUT2D eigenvalue weighted by Gasteiger charge is -2.34. The minimum atomic E-state index is -4.45. The van der Waals surface area contributed by atoms with Crippen molar-refractivity contribution in [3.8, 4) is 11.4 Å². The van der Waals surface area contributed by atoms with Crippen LogP contribution in [0.3, 0.4) is 0 Å². The molecule has 0 N–H and O–H groups in total. The summed E-state index contributed by atoms with van der Waals surface area (Å²) in [7, 11) is 0. The summed E-state index contributed by atoms with van der Waals surface area (Å²) in [5.74, 6) is 0.398. The molecule has 0 unspecified atom stereocenters. The first-order valence-corrected chi connectivity index (χ1v) is 11.2. The summed E-state index contributed by atoms with van der Waals surface area (Å²) in [6, 6.07) is 4.79. The number of aromatic nitrogens is 3. The quantitative estimate of drug-likeness (QED) is 0.538. The van der Waals surface area contributed by atoms with Gasteiger partial charge in [-0.15, -0.1) is 0 Å². The molecule has 3 heterocycles. The minimum absolute atomic E-state index is 0.00299. The second kappa shape index (κ2) is 9.48. The normalized spacial score (nSPS) is 15.2. The van der Waals surface area contributed by atoms with Crippen molar-refractivity contribution in [1.82, 2.24) is 24.5 Å². The molecule has 1 fully saturated rings. The van der Waals surface area contributed by atoms with Crippen molar-refractivity contribution in [2.24, 2.45) is 0 Å². The molecule has 0 saturated carbocycles. The molecule has 33 heavy (non-hydrogen) atoms. The number of rotatable bonds is 6. The molecule has 0 bridgehead atoms. The number of benzene rings is 1. The van der Waals surface area contributed by atoms with Gasteiger partial charge < -0.3 is 14.0 Å². The van der Waals surface area contributed by atoms with Crippen molar-refractivity contribution >= 4 is 17.2 Å². The molecular weight excluding hydrogens is 459 g/mol. The molecule has 4 rings (SSSR count). The number of hydrogen-bond acceptors (Lipinski definition) is 7. The molecule has 1 aromatic carbocycles. The van der Waals surface area contributed by atoms with E-state index in [4.69, 9.17) is 4.52 Å². The Morgan fingerprint density at radius 3 is 2.64 bits per heavy atom. The molecule has 0 atom stereocenters. The molecule has 12 heteroatoms. The molecule has 3 aromatic rings. The Bertz CT molecular complexity index is 1180. The van der Waals surface area contributed by atoms with Gasteiger partial charge in [-0.05, 0) is 19.1 Å². The smallest absolute Gasteiger partial charge is 0.340 e. The van der Waals surface area contributed by atoms with Gasteiger partial charge in [-0.1, -0.05) is 28.6 Å². The Hall–Kier alpha value is -2.99. The molecule has 1 aliphatic heterocycles. The van der Waals surface area contributed by atoms with E-state index in [9.17, 15) is 22.8 Å². The number of carbonyl (C=O) groups excluding carboxylic acids is 1. The van der Waals surface area contributed by atoms with E-state index < -0.39 is 11.7 Å². The van der Waals surface area contributed by atoms with E-state index in [2.05, 4.69) is 10.1 Å². The fourth-order valence-corrected chi connectivity index (χ4v) is 4.42. The fourth-order valence-electron chi connectivity index (χ4n) is 3.66. The van der Waals surface area contributed by atoms with Gasteiger partial charge in [0.05, 0.1) is 12.1 Å². The van der Waals surface area contributed by atoms with E-state index in [0.717, 1.165) is 29.2 Å². The third kappa shape index (κ3) is 5.50. The maximum atomic E-state index is 12.9. The van der Waals surface area contributed by atoms with Crippen molar-refractivity contribution < 1.29 is 22.5 Å². The SMILES string of the molecule is Cc1csc(=O)n1CCC(=O)N1CCN(Cc2nc(-c3cccc(C(F)(F)F)c3)no2)CC1. The number of piperazine rings is 1. The van der Waals surface area contributed by atoms with E-state index in [-0.39, 0.29) is 28.6 Å². The number of carbonyl (C=O) groups is 1. The zero-order valence-electron chi connectivity index (χ0n) is 17.8. The second-order valence-corrected chi connectivity index (χ2v) is 8.61. The number of halogens is 3. The molecule has 1 saturated heterocycles. The number of nitrogens with zero attached hydrogens (tertiary/aromatic N) is 5. The number of alkyl halides is 3. The molecule has 176 valence electrons. The molecular formula is C21H22F3N5O3S. The van der Waals surface area contributed by atoms with Crippen molar-refractivity contribution in [3.63, 3.8) is 0 Å². The van der Waals surface area contributed by atoms with Gasteiger partial charge in [0.25, 0.3) is 0 Å². The van der Waals surface area contributed by atoms with Gasteiger partial charge in [-0.25, -0.2) is 0 Å². The van der Waals surface area contributed by atoms with Gasteiger partial charge in [0.1, 0.15) is 0 Å². The third-order valence-electron chi connectivity index (χ3n) is 5.53. The van der Waals surface area contributed by atoms with Gasteiger partial charge >= 0.3 is 11.0 Å². The predicted octanol–water partition coefficient (Wildman–Crippen LogP) is 3.02. The Labute approximate surface area is 191 Å². The summed E-state index contributed by atoms with van der Waals surface area (Å²) in [4.78, 5) is 32.3. The highest BCUT2D eigenvalue weighted by atomic mass is 32.1. The maximum absolute atomic E-state index is 12.9. The summed E-state index contributed by atoms with van der Waals surface area (Å²) >= 11 is 1.13. The molecule has 0 radical (unpaired) electrons. The number of aryl methyl sites for hydroxylation is 1. The number of amides is 1. The highest BCUT2D eigenvalue weighted by Crippen LogP contribution is 2.31.